The van der Waals surface area contributed by atoms with Crippen LogP contribution in [0.4, 0.5) is 0 Å². The van der Waals surface area contributed by atoms with Crippen LogP contribution in [0.25, 0.3) is 0 Å². The summed E-state index contributed by atoms with van der Waals surface area (Å²) in [7, 11) is 0. The van der Waals surface area contributed by atoms with Crippen LogP contribution in [0.15, 0.2) is 12.3 Å². The van der Waals surface area contributed by atoms with E-state index in [9.17, 15) is 4.79 Å². The first-order chi connectivity index (χ1) is 7.13. The third-order valence-electron chi connectivity index (χ3n) is 1.64. The van der Waals surface area contributed by atoms with Crippen molar-refractivity contribution >= 4 is 5.78 Å². The zero-order chi connectivity index (χ0) is 11.5. The molecule has 0 aromatic heterocycles. The summed E-state index contributed by atoms with van der Waals surface area (Å²) in [6, 6.07) is 0. The second kappa shape index (κ2) is 9.68. The Morgan fingerprint density at radius 1 is 1.13 bits per heavy atom. The topological polar surface area (TPSA) is 47.6 Å². The number of ketones is 1. The Bertz CT molecular complexity index is 172. The van der Waals surface area contributed by atoms with Crippen molar-refractivity contribution in [2.75, 3.05) is 33.0 Å². The lowest BCUT2D eigenvalue weighted by molar-refractivity contribution is -0.118. The minimum Gasteiger partial charge on any atom is -0.387 e. The summed E-state index contributed by atoms with van der Waals surface area (Å²) in [6.07, 6.45) is 0.483. The van der Waals surface area contributed by atoms with Crippen LogP contribution >= 0.6 is 0 Å². The summed E-state index contributed by atoms with van der Waals surface area (Å²) in [5.74, 6) is 0.154. The molecule has 4 heteroatoms. The van der Waals surface area contributed by atoms with Crippen LogP contribution in [-0.2, 0) is 14.3 Å². The number of allylic oxidation sites excluding steroid dienone is 1. The average molecular weight is 215 g/mol. The Morgan fingerprint density at radius 2 is 1.73 bits per heavy atom. The summed E-state index contributed by atoms with van der Waals surface area (Å²) in [4.78, 5) is 10.6. The Kier molecular flexibility index (Phi) is 9.11. The largest absolute Gasteiger partial charge is 0.387 e. The van der Waals surface area contributed by atoms with Gasteiger partial charge in [-0.25, -0.2) is 0 Å². The molecule has 0 saturated heterocycles. The van der Waals surface area contributed by atoms with E-state index in [0.29, 0.717) is 32.8 Å². The molecule has 0 atom stereocenters. The van der Waals surface area contributed by atoms with Crippen LogP contribution in [0.2, 0.25) is 0 Å². The molecule has 88 valence electrons. The molecule has 0 fully saturated rings. The lowest BCUT2D eigenvalue weighted by Crippen LogP contribution is -2.18. The number of hydrogen-bond donors (Lipinski definition) is 1. The number of carbonyl (C=O) groups is 1. The van der Waals surface area contributed by atoms with E-state index in [-0.39, 0.29) is 5.78 Å². The van der Waals surface area contributed by atoms with Gasteiger partial charge in [-0.3, -0.25) is 4.79 Å². The predicted molar refractivity (Wildman–Crippen MR) is 59.8 cm³/mol. The molecule has 0 heterocycles. The number of carbonyl (C=O) groups excluding carboxylic acids is 1. The molecule has 0 radical (unpaired) electrons. The molecule has 15 heavy (non-hydrogen) atoms. The maximum absolute atomic E-state index is 10.6. The zero-order valence-corrected chi connectivity index (χ0v) is 9.67. The maximum atomic E-state index is 10.6. The molecule has 0 spiro atoms. The van der Waals surface area contributed by atoms with Gasteiger partial charge in [0.1, 0.15) is 5.78 Å². The second-order valence-electron chi connectivity index (χ2n) is 3.38. The molecule has 4 nitrogen and oxygen atoms in total. The van der Waals surface area contributed by atoms with Gasteiger partial charge < -0.3 is 14.8 Å². The minimum absolute atomic E-state index is 0.154. The molecule has 1 N–H and O–H groups in total. The van der Waals surface area contributed by atoms with Gasteiger partial charge in [0.25, 0.3) is 0 Å². The van der Waals surface area contributed by atoms with Crippen LogP contribution < -0.4 is 5.32 Å². The van der Waals surface area contributed by atoms with Gasteiger partial charge in [-0.1, -0.05) is 6.58 Å². The first-order valence-corrected chi connectivity index (χ1v) is 5.17. The number of rotatable bonds is 10. The standard InChI is InChI=1S/C11H21NO3/c1-10(2)12-5-7-15-9-8-14-6-4-11(3)13/h12H,1,4-9H2,2-3H3. The van der Waals surface area contributed by atoms with E-state index in [1.165, 1.54) is 0 Å². The van der Waals surface area contributed by atoms with Crippen LogP contribution in [0.3, 0.4) is 0 Å². The Balaban J connectivity index is 2.99. The zero-order valence-electron chi connectivity index (χ0n) is 9.67. The third-order valence-corrected chi connectivity index (χ3v) is 1.64. The molecule has 0 saturated carbocycles. The number of nitrogens with one attached hydrogen (secondary N) is 1. The Hall–Kier alpha value is -0.870. The van der Waals surface area contributed by atoms with Gasteiger partial charge in [0, 0.05) is 18.7 Å². The van der Waals surface area contributed by atoms with Gasteiger partial charge in [-0.05, 0) is 13.8 Å². The molecule has 0 aliphatic carbocycles. The molecule has 0 amide bonds. The van der Waals surface area contributed by atoms with Gasteiger partial charge in [0.05, 0.1) is 26.4 Å². The smallest absolute Gasteiger partial charge is 0.132 e. The molecular formula is C11H21NO3. The average Bonchev–Trinajstić information content (AvgIpc) is 2.14. The summed E-state index contributed by atoms with van der Waals surface area (Å²) in [5, 5.41) is 3.06. The van der Waals surface area contributed by atoms with Gasteiger partial charge in [0.15, 0.2) is 0 Å². The molecule has 0 aliphatic heterocycles. The molecule has 0 aromatic rings. The highest BCUT2D eigenvalue weighted by Gasteiger charge is 1.93. The van der Waals surface area contributed by atoms with Crippen molar-refractivity contribution in [1.29, 1.82) is 0 Å². The lowest BCUT2D eigenvalue weighted by Gasteiger charge is -2.06. The van der Waals surface area contributed by atoms with Crippen molar-refractivity contribution in [3.8, 4) is 0 Å². The molecule has 0 rings (SSSR count). The molecule has 0 unspecified atom stereocenters. The molecular weight excluding hydrogens is 194 g/mol. The number of Topliss-reactive ketones (excluding diaryl/α,β-unsaturated/α-hetero) is 1. The van der Waals surface area contributed by atoms with Gasteiger partial charge >= 0.3 is 0 Å². The predicted octanol–water partition coefficient (Wildman–Crippen LogP) is 1.12. The number of ether oxygens (including phenoxy) is 2. The van der Waals surface area contributed by atoms with Crippen molar-refractivity contribution in [3.05, 3.63) is 12.3 Å². The lowest BCUT2D eigenvalue weighted by atomic mass is 10.3. The quantitative estimate of drug-likeness (QED) is 0.555. The van der Waals surface area contributed by atoms with E-state index >= 15 is 0 Å². The molecule has 0 bridgehead atoms. The second-order valence-corrected chi connectivity index (χ2v) is 3.38. The summed E-state index contributed by atoms with van der Waals surface area (Å²) in [5.41, 5.74) is 0.941. The van der Waals surface area contributed by atoms with Crippen molar-refractivity contribution in [2.45, 2.75) is 20.3 Å². The van der Waals surface area contributed by atoms with Gasteiger partial charge in [-0.2, -0.15) is 0 Å². The monoisotopic (exact) mass is 215 g/mol. The normalized spacial score (nSPS) is 10.0. The summed E-state index contributed by atoms with van der Waals surface area (Å²) >= 11 is 0. The van der Waals surface area contributed by atoms with Crippen LogP contribution in [-0.4, -0.2) is 38.8 Å². The highest BCUT2D eigenvalue weighted by molar-refractivity contribution is 5.75. The van der Waals surface area contributed by atoms with E-state index in [1.807, 2.05) is 6.92 Å². The fourth-order valence-corrected chi connectivity index (χ4v) is 0.874. The van der Waals surface area contributed by atoms with Crippen molar-refractivity contribution < 1.29 is 14.3 Å². The maximum Gasteiger partial charge on any atom is 0.132 e. The number of hydrogen-bond acceptors (Lipinski definition) is 4. The third kappa shape index (κ3) is 13.1. The van der Waals surface area contributed by atoms with Crippen LogP contribution in [0, 0.1) is 0 Å². The van der Waals surface area contributed by atoms with Crippen molar-refractivity contribution in [1.82, 2.24) is 5.32 Å². The van der Waals surface area contributed by atoms with Crippen LogP contribution in [0.1, 0.15) is 20.3 Å². The molecule has 0 aliphatic rings. The van der Waals surface area contributed by atoms with Crippen molar-refractivity contribution in [3.63, 3.8) is 0 Å². The van der Waals surface area contributed by atoms with Crippen LogP contribution in [0.5, 0.6) is 0 Å². The minimum atomic E-state index is 0.154. The Morgan fingerprint density at radius 3 is 2.27 bits per heavy atom. The van der Waals surface area contributed by atoms with E-state index in [2.05, 4.69) is 11.9 Å². The van der Waals surface area contributed by atoms with Crippen molar-refractivity contribution in [2.24, 2.45) is 0 Å². The first kappa shape index (κ1) is 14.1. The highest BCUT2D eigenvalue weighted by Crippen LogP contribution is 1.85. The summed E-state index contributed by atoms with van der Waals surface area (Å²) < 4.78 is 10.5. The molecule has 0 aromatic carbocycles. The first-order valence-electron chi connectivity index (χ1n) is 5.17. The Labute approximate surface area is 91.6 Å². The highest BCUT2D eigenvalue weighted by atomic mass is 16.5. The van der Waals surface area contributed by atoms with E-state index < -0.39 is 0 Å². The van der Waals surface area contributed by atoms with E-state index in [1.54, 1.807) is 6.92 Å². The van der Waals surface area contributed by atoms with Gasteiger partial charge in [0.2, 0.25) is 0 Å². The van der Waals surface area contributed by atoms with E-state index in [0.717, 1.165) is 12.2 Å². The van der Waals surface area contributed by atoms with E-state index in [4.69, 9.17) is 9.47 Å². The van der Waals surface area contributed by atoms with Gasteiger partial charge in [-0.15, -0.1) is 0 Å². The fourth-order valence-electron chi connectivity index (χ4n) is 0.874. The SMILES string of the molecule is C=C(C)NCCOCCOCCC(C)=O. The fraction of sp³-hybridized carbons (Fsp3) is 0.727. The summed E-state index contributed by atoms with van der Waals surface area (Å²) in [6.45, 7) is 10.2.